The van der Waals surface area contributed by atoms with E-state index in [9.17, 15) is 18.4 Å². The van der Waals surface area contributed by atoms with Crippen LogP contribution in [0.3, 0.4) is 0 Å². The summed E-state index contributed by atoms with van der Waals surface area (Å²) >= 11 is 0.865. The summed E-state index contributed by atoms with van der Waals surface area (Å²) in [4.78, 5) is 27.6. The van der Waals surface area contributed by atoms with E-state index in [1.165, 1.54) is 6.07 Å². The van der Waals surface area contributed by atoms with E-state index in [0.717, 1.165) is 35.9 Å². The van der Waals surface area contributed by atoms with Crippen LogP contribution < -0.4 is 5.32 Å². The number of hydrogen-bond donors (Lipinski definition) is 3. The lowest BCUT2D eigenvalue weighted by atomic mass is 9.86. The molecular formula is C31H37F2N5O3S. The van der Waals surface area contributed by atoms with Crippen LogP contribution in [0.25, 0.3) is 0 Å². The number of allylic oxidation sites excluding steroid dienone is 2. The van der Waals surface area contributed by atoms with Crippen molar-refractivity contribution in [2.75, 3.05) is 26.7 Å². The molecular weight excluding hydrogens is 560 g/mol. The van der Waals surface area contributed by atoms with E-state index in [2.05, 4.69) is 5.32 Å². The van der Waals surface area contributed by atoms with Gasteiger partial charge in [0.15, 0.2) is 12.0 Å². The molecule has 0 atom stereocenters. The topological polar surface area (TPSA) is 110 Å². The molecule has 0 aromatic heterocycles. The number of nitrogens with zero attached hydrogens (tertiary/aromatic N) is 2. The number of piperidine rings is 1. The third-order valence-electron chi connectivity index (χ3n) is 7.34. The number of carbonyl (C=O) groups is 2. The summed E-state index contributed by atoms with van der Waals surface area (Å²) in [6.45, 7) is 5.43. The van der Waals surface area contributed by atoms with Gasteiger partial charge in [0.2, 0.25) is 6.41 Å². The molecule has 0 spiro atoms. The van der Waals surface area contributed by atoms with E-state index in [1.54, 1.807) is 32.0 Å². The molecule has 0 saturated carbocycles. The van der Waals surface area contributed by atoms with E-state index in [4.69, 9.17) is 15.6 Å². The van der Waals surface area contributed by atoms with Crippen molar-refractivity contribution in [2.24, 2.45) is 0 Å². The average molecular weight is 598 g/mol. The van der Waals surface area contributed by atoms with Crippen LogP contribution in [0, 0.1) is 22.5 Å². The van der Waals surface area contributed by atoms with Gasteiger partial charge in [-0.2, -0.15) is 0 Å². The number of halogens is 2. The molecule has 1 saturated heterocycles. The number of thioether (sulfide) groups is 1. The van der Waals surface area contributed by atoms with Gasteiger partial charge in [-0.15, -0.1) is 0 Å². The minimum atomic E-state index is -0.741. The van der Waals surface area contributed by atoms with E-state index in [-0.39, 0.29) is 34.4 Å². The smallest absolute Gasteiger partial charge is 0.209 e. The zero-order valence-electron chi connectivity index (χ0n) is 24.1. The number of aldehydes is 1. The van der Waals surface area contributed by atoms with E-state index >= 15 is 0 Å². The van der Waals surface area contributed by atoms with Crippen LogP contribution in [0.1, 0.15) is 37.8 Å². The lowest BCUT2D eigenvalue weighted by Crippen LogP contribution is -2.57. The molecule has 0 bridgehead atoms. The van der Waals surface area contributed by atoms with Crippen LogP contribution in [0.15, 0.2) is 71.8 Å². The Bertz CT molecular complexity index is 1340. The molecule has 8 nitrogen and oxygen atoms in total. The highest BCUT2D eigenvalue weighted by molar-refractivity contribution is 8.26. The molecule has 0 radical (unpaired) electrons. The lowest BCUT2D eigenvalue weighted by molar-refractivity contribution is -0.123. The highest BCUT2D eigenvalue weighted by Crippen LogP contribution is 2.29. The van der Waals surface area contributed by atoms with Crippen molar-refractivity contribution in [1.29, 1.82) is 10.8 Å². The van der Waals surface area contributed by atoms with Crippen molar-refractivity contribution < 1.29 is 23.1 Å². The Morgan fingerprint density at radius 3 is 2.40 bits per heavy atom. The van der Waals surface area contributed by atoms with Crippen molar-refractivity contribution in [3.63, 3.8) is 0 Å². The maximum absolute atomic E-state index is 14.1. The Kier molecular flexibility index (Phi) is 12.0. The predicted octanol–water partition coefficient (Wildman–Crippen LogP) is 5.26. The number of amides is 1. The van der Waals surface area contributed by atoms with Gasteiger partial charge in [-0.1, -0.05) is 48.2 Å². The molecule has 224 valence electrons. The number of likely N-dealkylation sites (N-methyl/N-ethyl adjacent to an activating group) is 1. The molecule has 2 aromatic rings. The first-order valence-corrected chi connectivity index (χ1v) is 14.3. The van der Waals surface area contributed by atoms with Gasteiger partial charge in [0.25, 0.3) is 0 Å². The van der Waals surface area contributed by atoms with Gasteiger partial charge in [-0.05, 0) is 62.5 Å². The Balaban J connectivity index is 1.89. The number of benzene rings is 2. The number of nitrogens with one attached hydrogen (secondary N) is 3. The first-order chi connectivity index (χ1) is 20.1. The summed E-state index contributed by atoms with van der Waals surface area (Å²) in [7, 11) is 1.74. The normalized spacial score (nSPS) is 15.3. The fourth-order valence-corrected chi connectivity index (χ4v) is 5.36. The summed E-state index contributed by atoms with van der Waals surface area (Å²) in [6.07, 6.45) is 4.45. The molecule has 11 heteroatoms. The zero-order valence-corrected chi connectivity index (χ0v) is 24.9. The second-order valence-electron chi connectivity index (χ2n) is 10.2. The van der Waals surface area contributed by atoms with E-state index in [1.807, 2.05) is 35.2 Å². The lowest BCUT2D eigenvalue weighted by Gasteiger charge is -2.46. The van der Waals surface area contributed by atoms with Crippen molar-refractivity contribution in [3.05, 3.63) is 94.5 Å². The fourth-order valence-electron chi connectivity index (χ4n) is 4.68. The van der Waals surface area contributed by atoms with Crippen LogP contribution in [0.4, 0.5) is 8.78 Å². The molecule has 1 amide bonds. The first kappa shape index (κ1) is 32.7. The second-order valence-corrected chi connectivity index (χ2v) is 11.3. The van der Waals surface area contributed by atoms with Crippen LogP contribution in [0.2, 0.25) is 0 Å². The summed E-state index contributed by atoms with van der Waals surface area (Å²) in [6, 6.07) is 12.7. The molecule has 1 fully saturated rings. The molecule has 1 aliphatic heterocycles. The fraction of sp³-hybridized carbons (Fsp3) is 0.355. The monoisotopic (exact) mass is 597 g/mol. The van der Waals surface area contributed by atoms with Crippen molar-refractivity contribution >= 4 is 34.5 Å². The maximum Gasteiger partial charge on any atom is 0.209 e. The average Bonchev–Trinajstić information content (AvgIpc) is 2.98. The minimum absolute atomic E-state index is 0.0207. The molecule has 3 rings (SSSR count). The largest absolute Gasteiger partial charge is 0.484 e. The van der Waals surface area contributed by atoms with E-state index in [0.29, 0.717) is 50.0 Å². The molecule has 1 aliphatic rings. The third kappa shape index (κ3) is 8.83. The summed E-state index contributed by atoms with van der Waals surface area (Å²) in [5, 5.41) is 20.3. The third-order valence-corrected chi connectivity index (χ3v) is 8.25. The SMILES string of the molecule is C/C(=C\N(CC1(N(C)C=O)CCNCC1)/C(C)=C(\C=O)OCc1ccccc1)C(=N)SC(=N)Cc1ccc(F)cc1F. The number of rotatable bonds is 13. The highest BCUT2D eigenvalue weighted by atomic mass is 32.2. The standard InChI is InChI=1S/C31H37F2N5O3S/c1-22(30(35)42-29(34)15-25-9-10-26(32)16-27(25)33)17-38(20-31(37(3)21-40)11-13-36-14-12-31)23(2)28(18-39)41-19-24-7-5-4-6-8-24/h4-10,16-18,21,34-36H,11-15,19-20H2,1-3H3/b22-17+,28-23+,34-29?,35-30?. The summed E-state index contributed by atoms with van der Waals surface area (Å²) in [5.41, 5.74) is 1.53. The maximum atomic E-state index is 14.1. The van der Waals surface area contributed by atoms with Gasteiger partial charge >= 0.3 is 0 Å². The number of hydrogen-bond acceptors (Lipinski definition) is 8. The van der Waals surface area contributed by atoms with Crippen molar-refractivity contribution in [3.8, 4) is 0 Å². The Morgan fingerprint density at radius 1 is 1.10 bits per heavy atom. The van der Waals surface area contributed by atoms with Gasteiger partial charge in [0.05, 0.1) is 21.3 Å². The minimum Gasteiger partial charge on any atom is -0.484 e. The molecule has 3 N–H and O–H groups in total. The van der Waals surface area contributed by atoms with Crippen LogP contribution in [-0.4, -0.2) is 64.8 Å². The second kappa shape index (κ2) is 15.4. The van der Waals surface area contributed by atoms with Crippen molar-refractivity contribution in [2.45, 2.75) is 45.3 Å². The molecule has 2 aromatic carbocycles. The van der Waals surface area contributed by atoms with Gasteiger partial charge in [0, 0.05) is 32.3 Å². The summed E-state index contributed by atoms with van der Waals surface area (Å²) in [5.74, 6) is -1.31. The molecule has 42 heavy (non-hydrogen) atoms. The Morgan fingerprint density at radius 2 is 1.79 bits per heavy atom. The quantitative estimate of drug-likeness (QED) is 0.0956. The zero-order chi connectivity index (χ0) is 30.7. The van der Waals surface area contributed by atoms with Crippen LogP contribution in [-0.2, 0) is 27.4 Å². The van der Waals surface area contributed by atoms with Gasteiger partial charge in [-0.3, -0.25) is 20.4 Å². The first-order valence-electron chi connectivity index (χ1n) is 13.5. The summed E-state index contributed by atoms with van der Waals surface area (Å²) < 4.78 is 33.3. The number of carbonyl (C=O) groups excluding carboxylic acids is 2. The van der Waals surface area contributed by atoms with Gasteiger partial charge in [-0.25, -0.2) is 8.78 Å². The van der Waals surface area contributed by atoms with E-state index < -0.39 is 17.2 Å². The van der Waals surface area contributed by atoms with Crippen molar-refractivity contribution in [1.82, 2.24) is 15.1 Å². The Labute approximate surface area is 249 Å². The highest BCUT2D eigenvalue weighted by Gasteiger charge is 2.38. The molecule has 0 aliphatic carbocycles. The van der Waals surface area contributed by atoms with Crippen LogP contribution >= 0.6 is 11.8 Å². The molecule has 0 unspecified atom stereocenters. The van der Waals surface area contributed by atoms with Gasteiger partial charge < -0.3 is 19.9 Å². The molecule has 1 heterocycles. The van der Waals surface area contributed by atoms with Crippen LogP contribution in [0.5, 0.6) is 0 Å². The predicted molar refractivity (Wildman–Crippen MR) is 162 cm³/mol. The number of ether oxygens (including phenoxy) is 1. The van der Waals surface area contributed by atoms with Gasteiger partial charge in [0.1, 0.15) is 18.2 Å². The Hall–Kier alpha value is -3.83.